The van der Waals surface area contributed by atoms with E-state index in [1.807, 2.05) is 19.1 Å². The number of halogens is 1. The standard InChI is InChI=1S/C11H15ClO2/c1-3-10(13)7-8-6-9(12)4-5-11(8)14-2/h4-6,10,13H,3,7H2,1-2H3/t10-/m1/s1. The van der Waals surface area contributed by atoms with Crippen molar-refractivity contribution in [1.82, 2.24) is 0 Å². The van der Waals surface area contributed by atoms with Gasteiger partial charge in [0.25, 0.3) is 0 Å². The molecule has 1 N–H and O–H groups in total. The summed E-state index contributed by atoms with van der Waals surface area (Å²) in [6, 6.07) is 5.43. The van der Waals surface area contributed by atoms with Gasteiger partial charge in [-0.05, 0) is 30.2 Å². The molecule has 0 radical (unpaired) electrons. The minimum absolute atomic E-state index is 0.331. The fourth-order valence-corrected chi connectivity index (χ4v) is 1.50. The smallest absolute Gasteiger partial charge is 0.122 e. The van der Waals surface area contributed by atoms with Crippen LogP contribution >= 0.6 is 11.6 Å². The summed E-state index contributed by atoms with van der Waals surface area (Å²) in [5.41, 5.74) is 0.953. The van der Waals surface area contributed by atoms with Crippen molar-refractivity contribution in [3.8, 4) is 5.75 Å². The molecule has 1 aromatic rings. The Morgan fingerprint density at radius 1 is 1.50 bits per heavy atom. The lowest BCUT2D eigenvalue weighted by Crippen LogP contribution is -2.09. The lowest BCUT2D eigenvalue weighted by molar-refractivity contribution is 0.169. The van der Waals surface area contributed by atoms with Gasteiger partial charge in [-0.2, -0.15) is 0 Å². The zero-order valence-electron chi connectivity index (χ0n) is 8.46. The van der Waals surface area contributed by atoms with Crippen LogP contribution in [-0.2, 0) is 6.42 Å². The van der Waals surface area contributed by atoms with Crippen LogP contribution in [0.2, 0.25) is 5.02 Å². The van der Waals surface area contributed by atoms with E-state index in [0.29, 0.717) is 11.4 Å². The highest BCUT2D eigenvalue weighted by molar-refractivity contribution is 6.30. The number of ether oxygens (including phenoxy) is 1. The Morgan fingerprint density at radius 2 is 2.21 bits per heavy atom. The number of hydrogen-bond donors (Lipinski definition) is 1. The normalized spacial score (nSPS) is 12.6. The minimum Gasteiger partial charge on any atom is -0.496 e. The van der Waals surface area contributed by atoms with Gasteiger partial charge in [0.15, 0.2) is 0 Å². The molecule has 0 amide bonds. The van der Waals surface area contributed by atoms with E-state index in [1.54, 1.807) is 13.2 Å². The van der Waals surface area contributed by atoms with Gasteiger partial charge >= 0.3 is 0 Å². The first-order chi connectivity index (χ1) is 6.67. The lowest BCUT2D eigenvalue weighted by Gasteiger charge is -2.11. The molecule has 0 spiro atoms. The number of methoxy groups -OCH3 is 1. The van der Waals surface area contributed by atoms with Crippen LogP contribution in [0.4, 0.5) is 0 Å². The summed E-state index contributed by atoms with van der Waals surface area (Å²) in [5.74, 6) is 0.780. The Balaban J connectivity index is 2.87. The van der Waals surface area contributed by atoms with Crippen LogP contribution in [0.15, 0.2) is 18.2 Å². The molecule has 0 fully saturated rings. The summed E-state index contributed by atoms with van der Waals surface area (Å²) in [5, 5.41) is 10.2. The fraction of sp³-hybridized carbons (Fsp3) is 0.455. The van der Waals surface area contributed by atoms with E-state index in [-0.39, 0.29) is 6.10 Å². The van der Waals surface area contributed by atoms with E-state index in [1.165, 1.54) is 0 Å². The van der Waals surface area contributed by atoms with Gasteiger partial charge in [0.05, 0.1) is 13.2 Å². The number of hydrogen-bond acceptors (Lipinski definition) is 2. The molecule has 3 heteroatoms. The average molecular weight is 215 g/mol. The van der Waals surface area contributed by atoms with Crippen molar-refractivity contribution in [2.24, 2.45) is 0 Å². The van der Waals surface area contributed by atoms with Crippen molar-refractivity contribution in [1.29, 1.82) is 0 Å². The van der Waals surface area contributed by atoms with Crippen molar-refractivity contribution >= 4 is 11.6 Å². The highest BCUT2D eigenvalue weighted by Gasteiger charge is 2.08. The van der Waals surface area contributed by atoms with Crippen LogP contribution in [0.25, 0.3) is 0 Å². The quantitative estimate of drug-likeness (QED) is 0.835. The van der Waals surface area contributed by atoms with Crippen LogP contribution < -0.4 is 4.74 Å². The predicted molar refractivity (Wildman–Crippen MR) is 58.0 cm³/mol. The fourth-order valence-electron chi connectivity index (χ4n) is 1.30. The number of aliphatic hydroxyl groups is 1. The molecule has 1 aromatic carbocycles. The molecule has 0 aliphatic carbocycles. The summed E-state index contributed by atoms with van der Waals surface area (Å²) < 4.78 is 5.18. The molecule has 0 bridgehead atoms. The molecule has 1 atom stereocenters. The molecule has 0 aliphatic rings. The Morgan fingerprint density at radius 3 is 2.79 bits per heavy atom. The SMILES string of the molecule is CC[C@@H](O)Cc1cc(Cl)ccc1OC. The third kappa shape index (κ3) is 2.89. The Kier molecular flexibility index (Phi) is 4.23. The summed E-state index contributed by atoms with van der Waals surface area (Å²) in [6.07, 6.45) is 0.984. The van der Waals surface area contributed by atoms with Crippen molar-refractivity contribution in [2.45, 2.75) is 25.9 Å². The molecule has 0 saturated carbocycles. The molecule has 14 heavy (non-hydrogen) atoms. The molecule has 78 valence electrons. The number of aliphatic hydroxyl groups excluding tert-OH is 1. The molecular weight excluding hydrogens is 200 g/mol. The monoisotopic (exact) mass is 214 g/mol. The first-order valence-corrected chi connectivity index (χ1v) is 5.05. The Labute approximate surface area is 89.5 Å². The first kappa shape index (κ1) is 11.3. The molecule has 0 saturated heterocycles. The van der Waals surface area contributed by atoms with Gasteiger partial charge in [-0.15, -0.1) is 0 Å². The van der Waals surface area contributed by atoms with E-state index < -0.39 is 0 Å². The zero-order valence-corrected chi connectivity index (χ0v) is 9.21. The maximum absolute atomic E-state index is 9.52. The summed E-state index contributed by atoms with van der Waals surface area (Å²) in [4.78, 5) is 0. The Hall–Kier alpha value is -0.730. The maximum atomic E-state index is 9.52. The topological polar surface area (TPSA) is 29.5 Å². The van der Waals surface area contributed by atoms with E-state index in [9.17, 15) is 5.11 Å². The third-order valence-corrected chi connectivity index (χ3v) is 2.40. The molecular formula is C11H15ClO2. The van der Waals surface area contributed by atoms with E-state index in [0.717, 1.165) is 17.7 Å². The highest BCUT2D eigenvalue weighted by Crippen LogP contribution is 2.24. The number of rotatable bonds is 4. The van der Waals surface area contributed by atoms with Gasteiger partial charge < -0.3 is 9.84 Å². The number of benzene rings is 1. The van der Waals surface area contributed by atoms with Gasteiger partial charge in [0.2, 0.25) is 0 Å². The van der Waals surface area contributed by atoms with Gasteiger partial charge in [0, 0.05) is 11.4 Å². The van der Waals surface area contributed by atoms with Crippen LogP contribution in [0.5, 0.6) is 5.75 Å². The van der Waals surface area contributed by atoms with Crippen molar-refractivity contribution in [2.75, 3.05) is 7.11 Å². The maximum Gasteiger partial charge on any atom is 0.122 e. The van der Waals surface area contributed by atoms with Crippen molar-refractivity contribution in [3.05, 3.63) is 28.8 Å². The van der Waals surface area contributed by atoms with Crippen LogP contribution in [0.3, 0.4) is 0 Å². The average Bonchev–Trinajstić information content (AvgIpc) is 2.18. The first-order valence-electron chi connectivity index (χ1n) is 4.67. The second-order valence-corrected chi connectivity index (χ2v) is 3.66. The van der Waals surface area contributed by atoms with Crippen molar-refractivity contribution in [3.63, 3.8) is 0 Å². The molecule has 0 aromatic heterocycles. The Bertz CT molecular complexity index is 299. The van der Waals surface area contributed by atoms with Gasteiger partial charge in [0.1, 0.15) is 5.75 Å². The summed E-state index contributed by atoms with van der Waals surface area (Å²) in [7, 11) is 1.62. The second kappa shape index (κ2) is 5.23. The molecule has 1 rings (SSSR count). The molecule has 0 heterocycles. The highest BCUT2D eigenvalue weighted by atomic mass is 35.5. The van der Waals surface area contributed by atoms with Gasteiger partial charge in [-0.3, -0.25) is 0 Å². The lowest BCUT2D eigenvalue weighted by atomic mass is 10.1. The molecule has 2 nitrogen and oxygen atoms in total. The second-order valence-electron chi connectivity index (χ2n) is 3.22. The largest absolute Gasteiger partial charge is 0.496 e. The van der Waals surface area contributed by atoms with E-state index in [4.69, 9.17) is 16.3 Å². The third-order valence-electron chi connectivity index (χ3n) is 2.17. The van der Waals surface area contributed by atoms with Crippen LogP contribution in [0.1, 0.15) is 18.9 Å². The molecule has 0 unspecified atom stereocenters. The zero-order chi connectivity index (χ0) is 10.6. The van der Waals surface area contributed by atoms with Gasteiger partial charge in [-0.25, -0.2) is 0 Å². The van der Waals surface area contributed by atoms with Crippen LogP contribution in [0, 0.1) is 0 Å². The van der Waals surface area contributed by atoms with Crippen LogP contribution in [-0.4, -0.2) is 18.3 Å². The predicted octanol–water partition coefficient (Wildman–Crippen LogP) is 2.66. The molecule has 0 aliphatic heterocycles. The van der Waals surface area contributed by atoms with E-state index >= 15 is 0 Å². The summed E-state index contributed by atoms with van der Waals surface area (Å²) >= 11 is 5.86. The van der Waals surface area contributed by atoms with Gasteiger partial charge in [-0.1, -0.05) is 18.5 Å². The van der Waals surface area contributed by atoms with E-state index in [2.05, 4.69) is 0 Å². The van der Waals surface area contributed by atoms with Crippen molar-refractivity contribution < 1.29 is 9.84 Å². The summed E-state index contributed by atoms with van der Waals surface area (Å²) in [6.45, 7) is 1.95. The minimum atomic E-state index is -0.331.